The average molecular weight is 231 g/mol. The summed E-state index contributed by atoms with van der Waals surface area (Å²) in [5.74, 6) is 0.523. The Kier molecular flexibility index (Phi) is 5.43. The van der Waals surface area contributed by atoms with Crippen molar-refractivity contribution in [3.8, 4) is 0 Å². The minimum atomic E-state index is 0.373. The van der Waals surface area contributed by atoms with E-state index in [2.05, 4.69) is 69.9 Å². The van der Waals surface area contributed by atoms with Gasteiger partial charge in [0.15, 0.2) is 0 Å². The van der Waals surface area contributed by atoms with Gasteiger partial charge >= 0.3 is 0 Å². The van der Waals surface area contributed by atoms with Gasteiger partial charge in [-0.3, -0.25) is 0 Å². The van der Waals surface area contributed by atoms with Gasteiger partial charge in [-0.25, -0.2) is 0 Å². The van der Waals surface area contributed by atoms with Gasteiger partial charge in [0, 0.05) is 12.1 Å². The highest BCUT2D eigenvalue weighted by atomic mass is 14.9. The topological polar surface area (TPSA) is 12.0 Å². The average Bonchev–Trinajstić information content (AvgIpc) is 2.28. The lowest BCUT2D eigenvalue weighted by Crippen LogP contribution is -2.38. The summed E-state index contributed by atoms with van der Waals surface area (Å²) >= 11 is 0. The Balaban J connectivity index is 2.74. The molecule has 0 fully saturated rings. The monoisotopic (exact) mass is 231 g/mol. The fraction of sp³-hybridized carbons (Fsp3) is 0.500. The first-order valence-electron chi connectivity index (χ1n) is 6.49. The molecule has 1 unspecified atom stereocenters. The predicted molar refractivity (Wildman–Crippen MR) is 76.2 cm³/mol. The Morgan fingerprint density at radius 3 is 2.18 bits per heavy atom. The van der Waals surface area contributed by atoms with Crippen molar-refractivity contribution in [1.29, 1.82) is 0 Å². The molecule has 0 aliphatic carbocycles. The maximum Gasteiger partial charge on any atom is 0.0322 e. The van der Waals surface area contributed by atoms with Crippen LogP contribution in [0.2, 0.25) is 0 Å². The van der Waals surface area contributed by atoms with Gasteiger partial charge in [0.05, 0.1) is 0 Å². The van der Waals surface area contributed by atoms with Gasteiger partial charge in [0.25, 0.3) is 0 Å². The van der Waals surface area contributed by atoms with E-state index in [0.717, 1.165) is 6.42 Å². The highest BCUT2D eigenvalue weighted by molar-refractivity contribution is 5.20. The van der Waals surface area contributed by atoms with E-state index < -0.39 is 0 Å². The number of hydrogen-bond donors (Lipinski definition) is 1. The Morgan fingerprint density at radius 2 is 1.71 bits per heavy atom. The van der Waals surface area contributed by atoms with Gasteiger partial charge in [-0.15, -0.1) is 0 Å². The molecule has 1 N–H and O–H groups in total. The molecule has 0 amide bonds. The summed E-state index contributed by atoms with van der Waals surface area (Å²) < 4.78 is 0. The third kappa shape index (κ3) is 4.74. The standard InChI is InChI=1S/C16H25N/c1-12(2)14(5)16(17-13(3)4)11-15-9-7-6-8-10-15/h6-10,12-13,16-17H,5,11H2,1-4H3. The van der Waals surface area contributed by atoms with Crippen molar-refractivity contribution >= 4 is 0 Å². The predicted octanol–water partition coefficient (Wildman–Crippen LogP) is 3.81. The molecule has 0 saturated heterocycles. The number of benzene rings is 1. The Hall–Kier alpha value is -1.08. The summed E-state index contributed by atoms with van der Waals surface area (Å²) in [7, 11) is 0. The van der Waals surface area contributed by atoms with Crippen LogP contribution in [-0.4, -0.2) is 12.1 Å². The smallest absolute Gasteiger partial charge is 0.0322 e. The molecule has 0 aliphatic heterocycles. The van der Waals surface area contributed by atoms with E-state index in [-0.39, 0.29) is 0 Å². The second kappa shape index (κ2) is 6.61. The van der Waals surface area contributed by atoms with E-state index in [0.29, 0.717) is 18.0 Å². The van der Waals surface area contributed by atoms with E-state index in [1.54, 1.807) is 0 Å². The van der Waals surface area contributed by atoms with Gasteiger partial charge in [-0.2, -0.15) is 0 Å². The first-order chi connectivity index (χ1) is 8.00. The van der Waals surface area contributed by atoms with Crippen LogP contribution in [0, 0.1) is 5.92 Å². The van der Waals surface area contributed by atoms with Crippen LogP contribution < -0.4 is 5.32 Å². The molecule has 1 heteroatoms. The summed E-state index contributed by atoms with van der Waals surface area (Å²) in [5, 5.41) is 3.61. The largest absolute Gasteiger partial charge is 0.308 e. The van der Waals surface area contributed by atoms with Crippen molar-refractivity contribution in [2.75, 3.05) is 0 Å². The fourth-order valence-corrected chi connectivity index (χ4v) is 1.95. The molecule has 94 valence electrons. The second-order valence-electron chi connectivity index (χ2n) is 5.29. The van der Waals surface area contributed by atoms with Crippen LogP contribution in [0.4, 0.5) is 0 Å². The van der Waals surface area contributed by atoms with E-state index >= 15 is 0 Å². The zero-order chi connectivity index (χ0) is 12.8. The van der Waals surface area contributed by atoms with Gasteiger partial charge < -0.3 is 5.32 Å². The van der Waals surface area contributed by atoms with E-state index in [9.17, 15) is 0 Å². The summed E-state index contributed by atoms with van der Waals surface area (Å²) in [4.78, 5) is 0. The molecule has 0 aliphatic rings. The summed E-state index contributed by atoms with van der Waals surface area (Å²) in [6, 6.07) is 11.5. The quantitative estimate of drug-likeness (QED) is 0.734. The Morgan fingerprint density at radius 1 is 1.12 bits per heavy atom. The lowest BCUT2D eigenvalue weighted by molar-refractivity contribution is 0.476. The minimum absolute atomic E-state index is 0.373. The molecule has 17 heavy (non-hydrogen) atoms. The molecule has 1 aromatic carbocycles. The van der Waals surface area contributed by atoms with E-state index in [1.165, 1.54) is 11.1 Å². The normalized spacial score (nSPS) is 13.1. The second-order valence-corrected chi connectivity index (χ2v) is 5.29. The molecule has 0 spiro atoms. The molecule has 1 atom stereocenters. The maximum atomic E-state index is 4.24. The van der Waals surface area contributed by atoms with Crippen LogP contribution in [0.1, 0.15) is 33.3 Å². The first kappa shape index (κ1) is 14.0. The first-order valence-corrected chi connectivity index (χ1v) is 6.49. The molecule has 0 radical (unpaired) electrons. The van der Waals surface area contributed by atoms with Crippen molar-refractivity contribution < 1.29 is 0 Å². The van der Waals surface area contributed by atoms with Crippen LogP contribution in [-0.2, 0) is 6.42 Å². The lowest BCUT2D eigenvalue weighted by Gasteiger charge is -2.26. The molecule has 1 rings (SSSR count). The van der Waals surface area contributed by atoms with Crippen molar-refractivity contribution in [3.05, 3.63) is 48.0 Å². The number of hydrogen-bond acceptors (Lipinski definition) is 1. The highest BCUT2D eigenvalue weighted by Gasteiger charge is 2.16. The van der Waals surface area contributed by atoms with Crippen LogP contribution in [0.5, 0.6) is 0 Å². The van der Waals surface area contributed by atoms with Crippen LogP contribution >= 0.6 is 0 Å². The molecule has 0 heterocycles. The van der Waals surface area contributed by atoms with E-state index in [1.807, 2.05) is 0 Å². The zero-order valence-electron chi connectivity index (χ0n) is 11.5. The summed E-state index contributed by atoms with van der Waals surface area (Å²) in [6.07, 6.45) is 1.02. The zero-order valence-corrected chi connectivity index (χ0v) is 11.5. The van der Waals surface area contributed by atoms with Gasteiger partial charge in [0.2, 0.25) is 0 Å². The summed E-state index contributed by atoms with van der Waals surface area (Å²) in [5.41, 5.74) is 2.66. The third-order valence-corrected chi connectivity index (χ3v) is 3.01. The van der Waals surface area contributed by atoms with Crippen molar-refractivity contribution in [2.45, 2.75) is 46.2 Å². The van der Waals surface area contributed by atoms with Crippen molar-refractivity contribution in [2.24, 2.45) is 5.92 Å². The fourth-order valence-electron chi connectivity index (χ4n) is 1.95. The highest BCUT2D eigenvalue weighted by Crippen LogP contribution is 2.16. The van der Waals surface area contributed by atoms with Crippen LogP contribution in [0.3, 0.4) is 0 Å². The molecule has 1 nitrogen and oxygen atoms in total. The minimum Gasteiger partial charge on any atom is -0.308 e. The number of rotatable bonds is 6. The molecule has 1 aromatic rings. The molecule has 0 bridgehead atoms. The van der Waals surface area contributed by atoms with E-state index in [4.69, 9.17) is 0 Å². The number of nitrogens with one attached hydrogen (secondary N) is 1. The molecular weight excluding hydrogens is 206 g/mol. The lowest BCUT2D eigenvalue weighted by atomic mass is 9.92. The van der Waals surface area contributed by atoms with Gasteiger partial charge in [-0.05, 0) is 17.9 Å². The molecular formula is C16H25N. The van der Waals surface area contributed by atoms with Crippen LogP contribution in [0.15, 0.2) is 42.5 Å². The SMILES string of the molecule is C=C(C(C)C)C(Cc1ccccc1)NC(C)C. The molecule has 0 saturated carbocycles. The Labute approximate surface area is 106 Å². The third-order valence-electron chi connectivity index (χ3n) is 3.01. The maximum absolute atomic E-state index is 4.24. The van der Waals surface area contributed by atoms with Crippen molar-refractivity contribution in [1.82, 2.24) is 5.32 Å². The van der Waals surface area contributed by atoms with Gasteiger partial charge in [-0.1, -0.05) is 70.2 Å². The van der Waals surface area contributed by atoms with Gasteiger partial charge in [0.1, 0.15) is 0 Å². The van der Waals surface area contributed by atoms with Crippen molar-refractivity contribution in [3.63, 3.8) is 0 Å². The Bertz CT molecular complexity index is 338. The summed E-state index contributed by atoms with van der Waals surface area (Å²) in [6.45, 7) is 13.0. The molecule has 0 aromatic heterocycles. The van der Waals surface area contributed by atoms with Crippen LogP contribution in [0.25, 0.3) is 0 Å².